The maximum atomic E-state index is 2.41. The molecule has 1 fully saturated rings. The highest BCUT2D eigenvalue weighted by Crippen LogP contribution is 2.34. The molecule has 0 aromatic heterocycles. The molecule has 0 bridgehead atoms. The summed E-state index contributed by atoms with van der Waals surface area (Å²) in [6.45, 7) is 0. The summed E-state index contributed by atoms with van der Waals surface area (Å²) >= 11 is 0. The first-order valence-electron chi connectivity index (χ1n) is 9.85. The van der Waals surface area contributed by atoms with Gasteiger partial charge in [0.15, 0.2) is 0 Å². The van der Waals surface area contributed by atoms with Crippen molar-refractivity contribution in [2.24, 2.45) is 5.92 Å². The van der Waals surface area contributed by atoms with E-state index < -0.39 is 0 Å². The van der Waals surface area contributed by atoms with E-state index in [0.717, 1.165) is 12.3 Å². The van der Waals surface area contributed by atoms with Crippen molar-refractivity contribution in [2.75, 3.05) is 0 Å². The van der Waals surface area contributed by atoms with Crippen LogP contribution in [0.3, 0.4) is 0 Å². The Balaban J connectivity index is 0.000000115. The van der Waals surface area contributed by atoms with Gasteiger partial charge in [0.2, 0.25) is 0 Å². The van der Waals surface area contributed by atoms with Gasteiger partial charge in [-0.05, 0) is 70.4 Å². The van der Waals surface area contributed by atoms with Crippen LogP contribution in [0.5, 0.6) is 0 Å². The minimum Gasteiger partial charge on any atom is -0.0795 e. The molecule has 128 valence electrons. The molecule has 1 saturated carbocycles. The average molecular weight is 336 g/mol. The Morgan fingerprint density at radius 1 is 0.846 bits per heavy atom. The molecule has 3 aliphatic rings. The maximum Gasteiger partial charge on any atom is -0.00820 e. The van der Waals surface area contributed by atoms with Crippen LogP contribution < -0.4 is 10.4 Å². The normalized spacial score (nSPS) is 19.2. The molecule has 26 heavy (non-hydrogen) atoms. The second-order valence-corrected chi connectivity index (χ2v) is 7.60. The first kappa shape index (κ1) is 15.6. The first-order chi connectivity index (χ1) is 12.9. The van der Waals surface area contributed by atoms with E-state index in [9.17, 15) is 0 Å². The standard InChI is InChI=1S/C13H14.C13H10/c2*1-2-6-12-10(4-1)8-9-11-5-3-7-13(11)12/h1-2,4,6,8,11H,3,5,7,9H2;1-6,8-9H,7H2. The van der Waals surface area contributed by atoms with Crippen LogP contribution in [0.2, 0.25) is 0 Å². The van der Waals surface area contributed by atoms with Crippen molar-refractivity contribution in [3.8, 4) is 0 Å². The van der Waals surface area contributed by atoms with Crippen LogP contribution in [0, 0.1) is 5.92 Å². The first-order valence-corrected chi connectivity index (χ1v) is 9.85. The van der Waals surface area contributed by atoms with Gasteiger partial charge in [-0.2, -0.15) is 0 Å². The molecule has 0 heterocycles. The van der Waals surface area contributed by atoms with Gasteiger partial charge in [-0.3, -0.25) is 0 Å². The van der Waals surface area contributed by atoms with Gasteiger partial charge < -0.3 is 0 Å². The molecule has 0 radical (unpaired) electrons. The van der Waals surface area contributed by atoms with Crippen LogP contribution in [0.15, 0.2) is 66.7 Å². The highest BCUT2D eigenvalue weighted by molar-refractivity contribution is 5.90. The quantitative estimate of drug-likeness (QED) is 0.527. The Hall–Kier alpha value is -2.60. The second-order valence-electron chi connectivity index (χ2n) is 7.60. The fourth-order valence-corrected chi connectivity index (χ4v) is 4.81. The molecule has 1 atom stereocenters. The molecule has 0 N–H and O–H groups in total. The maximum absolute atomic E-state index is 2.41. The van der Waals surface area contributed by atoms with Gasteiger partial charge >= 0.3 is 0 Å². The van der Waals surface area contributed by atoms with Crippen LogP contribution in [0.1, 0.15) is 36.8 Å². The lowest BCUT2D eigenvalue weighted by molar-refractivity contribution is 0.674. The summed E-state index contributed by atoms with van der Waals surface area (Å²) in [5.41, 5.74) is 4.61. The predicted octanol–water partition coefficient (Wildman–Crippen LogP) is 5.23. The molecule has 6 rings (SSSR count). The highest BCUT2D eigenvalue weighted by atomic mass is 14.3. The van der Waals surface area contributed by atoms with Gasteiger partial charge in [0.1, 0.15) is 0 Å². The molecule has 0 heteroatoms. The van der Waals surface area contributed by atoms with E-state index >= 15 is 0 Å². The Bertz CT molecular complexity index is 1110. The Kier molecular flexibility index (Phi) is 3.97. The van der Waals surface area contributed by atoms with Crippen molar-refractivity contribution in [3.05, 3.63) is 88.3 Å². The van der Waals surface area contributed by atoms with Crippen molar-refractivity contribution in [2.45, 2.75) is 32.1 Å². The molecule has 0 amide bonds. The van der Waals surface area contributed by atoms with E-state index in [-0.39, 0.29) is 0 Å². The molecule has 1 unspecified atom stereocenters. The largest absolute Gasteiger partial charge is 0.0795 e. The van der Waals surface area contributed by atoms with E-state index in [1.807, 2.05) is 0 Å². The van der Waals surface area contributed by atoms with Gasteiger partial charge in [-0.15, -0.1) is 0 Å². The lowest BCUT2D eigenvalue weighted by Gasteiger charge is -2.13. The van der Waals surface area contributed by atoms with Crippen LogP contribution in [-0.2, 0) is 6.42 Å². The molecule has 0 spiro atoms. The number of hydrogen-bond donors (Lipinski definition) is 0. The molecule has 0 saturated heterocycles. The Morgan fingerprint density at radius 2 is 1.73 bits per heavy atom. The third kappa shape index (κ3) is 2.70. The van der Waals surface area contributed by atoms with Crippen molar-refractivity contribution in [1.29, 1.82) is 0 Å². The lowest BCUT2D eigenvalue weighted by Crippen LogP contribution is -2.30. The summed E-state index contributed by atoms with van der Waals surface area (Å²) in [7, 11) is 0. The number of fused-ring (bicyclic) bond motifs is 5. The minimum absolute atomic E-state index is 0.884. The van der Waals surface area contributed by atoms with Crippen molar-refractivity contribution in [1.82, 2.24) is 0 Å². The van der Waals surface area contributed by atoms with E-state index in [0.29, 0.717) is 0 Å². The fourth-order valence-electron chi connectivity index (χ4n) is 4.81. The molecule has 0 aliphatic heterocycles. The van der Waals surface area contributed by atoms with E-state index in [4.69, 9.17) is 0 Å². The van der Waals surface area contributed by atoms with Gasteiger partial charge in [0.25, 0.3) is 0 Å². The van der Waals surface area contributed by atoms with Gasteiger partial charge in [-0.25, -0.2) is 0 Å². The molecule has 3 aromatic rings. The second kappa shape index (κ2) is 6.61. The number of allylic oxidation sites excluding steroid dienone is 1. The summed E-state index contributed by atoms with van der Waals surface area (Å²) in [4.78, 5) is 0. The fraction of sp³-hybridized carbons (Fsp3) is 0.231. The minimum atomic E-state index is 0.884. The molecular formula is C26H24. The molecule has 3 aromatic carbocycles. The summed E-state index contributed by atoms with van der Waals surface area (Å²) in [5, 5.41) is 5.77. The third-order valence-corrected chi connectivity index (χ3v) is 6.12. The van der Waals surface area contributed by atoms with Crippen molar-refractivity contribution in [3.63, 3.8) is 0 Å². The number of hydrogen-bond acceptors (Lipinski definition) is 0. The topological polar surface area (TPSA) is 0 Å². The SMILES string of the molecule is C1=Cc2ccc3ccccc3c2C1.C1=c2ccccc2=C2CCCC2C1. The molecular weight excluding hydrogens is 312 g/mol. The summed E-state index contributed by atoms with van der Waals surface area (Å²) in [5.74, 6) is 0.884. The zero-order chi connectivity index (χ0) is 17.3. The van der Waals surface area contributed by atoms with E-state index in [2.05, 4.69) is 78.9 Å². The van der Waals surface area contributed by atoms with E-state index in [1.54, 1.807) is 5.57 Å². The zero-order valence-corrected chi connectivity index (χ0v) is 15.1. The Morgan fingerprint density at radius 3 is 2.73 bits per heavy atom. The van der Waals surface area contributed by atoms with Crippen LogP contribution in [-0.4, -0.2) is 0 Å². The van der Waals surface area contributed by atoms with Gasteiger partial charge in [-0.1, -0.05) is 84.5 Å². The average Bonchev–Trinajstić information content (AvgIpc) is 3.38. The van der Waals surface area contributed by atoms with E-state index in [1.165, 1.54) is 58.0 Å². The van der Waals surface area contributed by atoms with Crippen molar-refractivity contribution >= 4 is 28.5 Å². The van der Waals surface area contributed by atoms with Crippen LogP contribution in [0.25, 0.3) is 28.5 Å². The monoisotopic (exact) mass is 336 g/mol. The third-order valence-electron chi connectivity index (χ3n) is 6.12. The van der Waals surface area contributed by atoms with Gasteiger partial charge in [0, 0.05) is 0 Å². The number of rotatable bonds is 0. The summed E-state index contributed by atoms with van der Waals surface area (Å²) in [6.07, 6.45) is 13.4. The highest BCUT2D eigenvalue weighted by Gasteiger charge is 2.22. The smallest absolute Gasteiger partial charge is 0.00820 e. The lowest BCUT2D eigenvalue weighted by atomic mass is 9.91. The van der Waals surface area contributed by atoms with Gasteiger partial charge in [0.05, 0.1) is 0 Å². The molecule has 3 aliphatic carbocycles. The zero-order valence-electron chi connectivity index (χ0n) is 15.1. The summed E-state index contributed by atoms with van der Waals surface area (Å²) in [6, 6.07) is 21.8. The summed E-state index contributed by atoms with van der Waals surface area (Å²) < 4.78 is 0. The Labute approximate surface area is 155 Å². The number of benzene rings is 3. The van der Waals surface area contributed by atoms with Crippen molar-refractivity contribution < 1.29 is 0 Å². The predicted molar refractivity (Wildman–Crippen MR) is 112 cm³/mol. The molecule has 0 nitrogen and oxygen atoms in total. The van der Waals surface area contributed by atoms with Crippen LogP contribution >= 0.6 is 0 Å². The van der Waals surface area contributed by atoms with Crippen LogP contribution in [0.4, 0.5) is 0 Å².